The Hall–Kier alpha value is -3.26. The topological polar surface area (TPSA) is 77.9 Å². The van der Waals surface area contributed by atoms with Gasteiger partial charge in [0.25, 0.3) is 0 Å². The Morgan fingerprint density at radius 2 is 2.12 bits per heavy atom. The van der Waals surface area contributed by atoms with Gasteiger partial charge in [0.15, 0.2) is 0 Å². The minimum atomic E-state index is -0.0505. The molecule has 3 aromatic rings. The fourth-order valence-electron chi connectivity index (χ4n) is 2.97. The molecule has 3 rings (SSSR count). The number of nitrogens with one attached hydrogen (secondary N) is 2. The van der Waals surface area contributed by atoms with Crippen molar-refractivity contribution < 1.29 is 9.53 Å². The van der Waals surface area contributed by atoms with Crippen LogP contribution in [-0.2, 0) is 11.2 Å². The first-order valence-electron chi connectivity index (χ1n) is 8.06. The van der Waals surface area contributed by atoms with Crippen molar-refractivity contribution >= 4 is 16.8 Å². The van der Waals surface area contributed by atoms with Crippen LogP contribution in [0.4, 0.5) is 0 Å². The molecule has 0 aliphatic carbocycles. The molecule has 25 heavy (non-hydrogen) atoms. The van der Waals surface area contributed by atoms with Crippen LogP contribution in [0, 0.1) is 11.3 Å². The summed E-state index contributed by atoms with van der Waals surface area (Å²) in [4.78, 5) is 14.6. The second-order valence-electron chi connectivity index (χ2n) is 5.82. The molecule has 2 aromatic carbocycles. The van der Waals surface area contributed by atoms with Crippen LogP contribution in [0.5, 0.6) is 5.75 Å². The van der Waals surface area contributed by atoms with Gasteiger partial charge in [-0.1, -0.05) is 12.1 Å². The molecule has 126 valence electrons. The van der Waals surface area contributed by atoms with Crippen LogP contribution in [0.1, 0.15) is 18.1 Å². The molecule has 0 saturated carbocycles. The van der Waals surface area contributed by atoms with E-state index in [1.54, 1.807) is 13.2 Å². The van der Waals surface area contributed by atoms with Gasteiger partial charge in [-0.2, -0.15) is 5.26 Å². The molecule has 1 amide bonds. The molecule has 5 heteroatoms. The average Bonchev–Trinajstić information content (AvgIpc) is 2.99. The van der Waals surface area contributed by atoms with E-state index in [-0.39, 0.29) is 5.91 Å². The summed E-state index contributed by atoms with van der Waals surface area (Å²) >= 11 is 0. The zero-order valence-electron chi connectivity index (χ0n) is 14.2. The van der Waals surface area contributed by atoms with Crippen molar-refractivity contribution in [1.29, 1.82) is 5.26 Å². The van der Waals surface area contributed by atoms with Crippen LogP contribution >= 0.6 is 0 Å². The summed E-state index contributed by atoms with van der Waals surface area (Å²) in [6.07, 6.45) is 0.679. The van der Waals surface area contributed by atoms with Crippen LogP contribution in [-0.4, -0.2) is 24.5 Å². The van der Waals surface area contributed by atoms with Crippen LogP contribution in [0.25, 0.3) is 22.2 Å². The monoisotopic (exact) mass is 333 g/mol. The molecule has 0 radical (unpaired) electrons. The van der Waals surface area contributed by atoms with E-state index in [9.17, 15) is 4.79 Å². The minimum absolute atomic E-state index is 0.0505. The van der Waals surface area contributed by atoms with Gasteiger partial charge in [-0.25, -0.2) is 0 Å². The largest absolute Gasteiger partial charge is 0.497 e. The number of nitrogens with zero attached hydrogens (tertiary/aromatic N) is 1. The lowest BCUT2D eigenvalue weighted by molar-refractivity contribution is -0.118. The number of amides is 1. The molecule has 0 unspecified atom stereocenters. The summed E-state index contributed by atoms with van der Waals surface area (Å²) in [7, 11) is 1.64. The van der Waals surface area contributed by atoms with Gasteiger partial charge in [-0.3, -0.25) is 4.79 Å². The molecular weight excluding hydrogens is 314 g/mol. The van der Waals surface area contributed by atoms with E-state index in [0.717, 1.165) is 33.5 Å². The Morgan fingerprint density at radius 1 is 1.28 bits per heavy atom. The second-order valence-corrected chi connectivity index (χ2v) is 5.82. The first-order valence-corrected chi connectivity index (χ1v) is 8.06. The molecule has 2 N–H and O–H groups in total. The van der Waals surface area contributed by atoms with Crippen molar-refractivity contribution in [3.63, 3.8) is 0 Å². The van der Waals surface area contributed by atoms with E-state index in [1.807, 2.05) is 36.4 Å². The molecule has 0 saturated heterocycles. The normalized spacial score (nSPS) is 10.4. The van der Waals surface area contributed by atoms with Crippen molar-refractivity contribution in [2.45, 2.75) is 13.3 Å². The van der Waals surface area contributed by atoms with E-state index < -0.39 is 0 Å². The van der Waals surface area contributed by atoms with E-state index in [2.05, 4.69) is 16.4 Å². The third kappa shape index (κ3) is 3.48. The predicted octanol–water partition coefficient (Wildman–Crippen LogP) is 3.39. The number of H-pyrrole nitrogens is 1. The fourth-order valence-corrected chi connectivity index (χ4v) is 2.97. The number of benzene rings is 2. The molecule has 0 aliphatic heterocycles. The molecule has 1 aromatic heterocycles. The number of fused-ring (bicyclic) bond motifs is 1. The maximum absolute atomic E-state index is 11.2. The Balaban J connectivity index is 2.12. The Kier molecular flexibility index (Phi) is 4.71. The number of hydrogen-bond donors (Lipinski definition) is 2. The van der Waals surface area contributed by atoms with Crippen molar-refractivity contribution in [3.8, 4) is 23.1 Å². The summed E-state index contributed by atoms with van der Waals surface area (Å²) in [5, 5.41) is 13.1. The molecule has 1 heterocycles. The Morgan fingerprint density at radius 3 is 2.84 bits per heavy atom. The van der Waals surface area contributed by atoms with E-state index in [0.29, 0.717) is 18.5 Å². The standard InChI is InChI=1S/C20H19N3O2/c1-13(24)22-9-8-17-18-11-16(25-2)6-7-19(18)23-20(17)15-5-3-4-14(10-15)12-21/h3-7,10-11,23H,8-9H2,1-2H3,(H,22,24). The van der Waals surface area contributed by atoms with E-state index in [4.69, 9.17) is 10.00 Å². The zero-order valence-corrected chi connectivity index (χ0v) is 14.2. The summed E-state index contributed by atoms with van der Waals surface area (Å²) < 4.78 is 5.34. The summed E-state index contributed by atoms with van der Waals surface area (Å²) in [6, 6.07) is 15.6. The van der Waals surface area contributed by atoms with Crippen LogP contribution in [0.15, 0.2) is 42.5 Å². The lowest BCUT2D eigenvalue weighted by Crippen LogP contribution is -2.22. The van der Waals surface area contributed by atoms with Gasteiger partial charge < -0.3 is 15.0 Å². The molecule has 0 fully saturated rings. The molecular formula is C20H19N3O2. The molecule has 5 nitrogen and oxygen atoms in total. The molecule has 0 aliphatic rings. The second kappa shape index (κ2) is 7.10. The predicted molar refractivity (Wildman–Crippen MR) is 97.4 cm³/mol. The van der Waals surface area contributed by atoms with E-state index >= 15 is 0 Å². The number of ether oxygens (including phenoxy) is 1. The number of rotatable bonds is 5. The summed E-state index contributed by atoms with van der Waals surface area (Å²) in [5.41, 5.74) is 4.62. The molecule has 0 spiro atoms. The van der Waals surface area contributed by atoms with Crippen LogP contribution in [0.2, 0.25) is 0 Å². The van der Waals surface area contributed by atoms with E-state index in [1.165, 1.54) is 6.92 Å². The first kappa shape index (κ1) is 16.6. The van der Waals surface area contributed by atoms with Crippen molar-refractivity contribution in [2.24, 2.45) is 0 Å². The Labute approximate surface area is 146 Å². The van der Waals surface area contributed by atoms with Gasteiger partial charge in [-0.15, -0.1) is 0 Å². The number of nitriles is 1. The SMILES string of the molecule is COc1ccc2[nH]c(-c3cccc(C#N)c3)c(CCNC(C)=O)c2c1. The number of methoxy groups -OCH3 is 1. The van der Waals surface area contributed by atoms with Gasteiger partial charge in [0.1, 0.15) is 5.75 Å². The fraction of sp³-hybridized carbons (Fsp3) is 0.200. The summed E-state index contributed by atoms with van der Waals surface area (Å²) in [5.74, 6) is 0.732. The molecule has 0 atom stereocenters. The number of aromatic nitrogens is 1. The quantitative estimate of drug-likeness (QED) is 0.751. The van der Waals surface area contributed by atoms with Crippen molar-refractivity contribution in [1.82, 2.24) is 10.3 Å². The average molecular weight is 333 g/mol. The van der Waals surface area contributed by atoms with Crippen LogP contribution in [0.3, 0.4) is 0 Å². The maximum atomic E-state index is 11.2. The lowest BCUT2D eigenvalue weighted by atomic mass is 10.0. The highest BCUT2D eigenvalue weighted by Gasteiger charge is 2.14. The third-order valence-corrected chi connectivity index (χ3v) is 4.14. The molecule has 0 bridgehead atoms. The highest BCUT2D eigenvalue weighted by Crippen LogP contribution is 2.33. The first-order chi connectivity index (χ1) is 12.1. The van der Waals surface area contributed by atoms with Crippen molar-refractivity contribution in [3.05, 3.63) is 53.6 Å². The number of hydrogen-bond acceptors (Lipinski definition) is 3. The van der Waals surface area contributed by atoms with Crippen LogP contribution < -0.4 is 10.1 Å². The minimum Gasteiger partial charge on any atom is -0.497 e. The highest BCUT2D eigenvalue weighted by molar-refractivity contribution is 5.92. The number of aromatic amines is 1. The summed E-state index contributed by atoms with van der Waals surface area (Å²) in [6.45, 7) is 2.06. The lowest BCUT2D eigenvalue weighted by Gasteiger charge is -2.07. The number of carbonyl (C=O) groups excluding carboxylic acids is 1. The van der Waals surface area contributed by atoms with Crippen molar-refractivity contribution in [2.75, 3.05) is 13.7 Å². The van der Waals surface area contributed by atoms with Gasteiger partial charge in [0, 0.05) is 30.1 Å². The smallest absolute Gasteiger partial charge is 0.216 e. The number of carbonyl (C=O) groups is 1. The Bertz CT molecular complexity index is 967. The zero-order chi connectivity index (χ0) is 17.8. The van der Waals surface area contributed by atoms with Gasteiger partial charge >= 0.3 is 0 Å². The van der Waals surface area contributed by atoms with Gasteiger partial charge in [0.05, 0.1) is 18.7 Å². The van der Waals surface area contributed by atoms with Gasteiger partial charge in [-0.05, 0) is 47.9 Å². The highest BCUT2D eigenvalue weighted by atomic mass is 16.5. The van der Waals surface area contributed by atoms with Gasteiger partial charge in [0.2, 0.25) is 5.91 Å². The maximum Gasteiger partial charge on any atom is 0.216 e. The third-order valence-electron chi connectivity index (χ3n) is 4.14.